The van der Waals surface area contributed by atoms with Gasteiger partial charge in [-0.2, -0.15) is 0 Å². The van der Waals surface area contributed by atoms with E-state index in [1.54, 1.807) is 28.1 Å². The summed E-state index contributed by atoms with van der Waals surface area (Å²) in [6.45, 7) is 5.76. The van der Waals surface area contributed by atoms with Crippen molar-refractivity contribution in [1.82, 2.24) is 40.4 Å². The van der Waals surface area contributed by atoms with E-state index < -0.39 is 18.2 Å². The van der Waals surface area contributed by atoms with E-state index in [4.69, 9.17) is 14.5 Å². The van der Waals surface area contributed by atoms with Gasteiger partial charge in [0.25, 0.3) is 0 Å². The summed E-state index contributed by atoms with van der Waals surface area (Å²) in [5.41, 5.74) is 7.07. The number of H-pyrrole nitrogens is 2. The van der Waals surface area contributed by atoms with Crippen LogP contribution in [0.1, 0.15) is 61.9 Å². The zero-order valence-electron chi connectivity index (χ0n) is 33.6. The van der Waals surface area contributed by atoms with E-state index >= 15 is 0 Å². The molecule has 59 heavy (non-hydrogen) atoms. The van der Waals surface area contributed by atoms with Gasteiger partial charge in [-0.05, 0) is 64.7 Å². The number of ether oxygens (including phenoxy) is 3. The number of hydrogen-bond acceptors (Lipinski definition) is 9. The minimum absolute atomic E-state index is 0.159. The molecule has 0 aliphatic carbocycles. The number of methoxy groups -OCH3 is 2. The summed E-state index contributed by atoms with van der Waals surface area (Å²) in [6, 6.07) is 22.6. The van der Waals surface area contributed by atoms with Crippen molar-refractivity contribution in [2.45, 2.75) is 58.8 Å². The average Bonchev–Trinajstić information content (AvgIpc) is 3.92. The number of carbonyl (C=O) groups excluding carboxylic acids is 4. The van der Waals surface area contributed by atoms with Gasteiger partial charge in [0.2, 0.25) is 11.8 Å². The summed E-state index contributed by atoms with van der Waals surface area (Å²) in [7, 11) is 2.53. The fourth-order valence-corrected chi connectivity index (χ4v) is 7.33. The molecule has 1 unspecified atom stereocenters. The first-order chi connectivity index (χ1) is 28.7. The lowest BCUT2D eigenvalue weighted by Crippen LogP contribution is -2.43. The molecule has 15 nitrogen and oxygen atoms in total. The first-order valence-corrected chi connectivity index (χ1v) is 19.7. The molecule has 15 heteroatoms. The summed E-state index contributed by atoms with van der Waals surface area (Å²) in [5, 5.41) is 7.08. The molecule has 1 aliphatic rings. The average molecular weight is 801 g/mol. The van der Waals surface area contributed by atoms with E-state index in [-0.39, 0.29) is 31.4 Å². The summed E-state index contributed by atoms with van der Waals surface area (Å²) >= 11 is 0. The molecule has 0 bridgehead atoms. The number of hydrogen-bond donors (Lipinski definition) is 4. The molecule has 0 fully saturated rings. The van der Waals surface area contributed by atoms with E-state index in [0.717, 1.165) is 68.3 Å². The number of carbonyl (C=O) groups is 4. The fraction of sp³-hybridized carbons (Fsp3) is 0.318. The SMILES string of the molecule is CCCCN(Cc1ncc(-c2ccc3c(c2)COc2cc4c(ccc5[nH]c(CN(CCC)C(=O)C(NC(=O)OC)c6ccccc6)nc54)cc2-3)[nH]1)C(=O)CNC(=O)OC. The molecule has 0 saturated carbocycles. The van der Waals surface area contributed by atoms with Crippen molar-refractivity contribution in [3.05, 3.63) is 102 Å². The largest absolute Gasteiger partial charge is 0.488 e. The molecule has 4 aromatic carbocycles. The highest BCUT2D eigenvalue weighted by Gasteiger charge is 2.29. The molecule has 306 valence electrons. The zero-order chi connectivity index (χ0) is 41.5. The molecular formula is C44H48N8O7. The second kappa shape index (κ2) is 18.1. The lowest BCUT2D eigenvalue weighted by atomic mass is 9.92. The Morgan fingerprint density at radius 3 is 2.41 bits per heavy atom. The van der Waals surface area contributed by atoms with Crippen molar-refractivity contribution in [3.63, 3.8) is 0 Å². The Bertz CT molecular complexity index is 2480. The fourth-order valence-electron chi connectivity index (χ4n) is 7.33. The first kappa shape index (κ1) is 40.3. The predicted molar refractivity (Wildman–Crippen MR) is 222 cm³/mol. The zero-order valence-corrected chi connectivity index (χ0v) is 33.6. The van der Waals surface area contributed by atoms with E-state index in [2.05, 4.69) is 61.5 Å². The highest BCUT2D eigenvalue weighted by Crippen LogP contribution is 2.42. The van der Waals surface area contributed by atoms with Crippen LogP contribution in [-0.4, -0.2) is 87.6 Å². The first-order valence-electron chi connectivity index (χ1n) is 19.7. The van der Waals surface area contributed by atoms with Gasteiger partial charge in [-0.3, -0.25) is 9.59 Å². The van der Waals surface area contributed by atoms with Gasteiger partial charge in [0.15, 0.2) is 0 Å². The Balaban J connectivity index is 1.10. The van der Waals surface area contributed by atoms with Crippen molar-refractivity contribution >= 4 is 45.8 Å². The van der Waals surface area contributed by atoms with Gasteiger partial charge in [-0.1, -0.05) is 68.8 Å². The van der Waals surface area contributed by atoms with Crippen molar-refractivity contribution in [2.24, 2.45) is 0 Å². The van der Waals surface area contributed by atoms with Crippen molar-refractivity contribution in [3.8, 4) is 28.1 Å². The van der Waals surface area contributed by atoms with Crippen LogP contribution in [0.2, 0.25) is 0 Å². The van der Waals surface area contributed by atoms with Crippen LogP contribution >= 0.6 is 0 Å². The third-order valence-corrected chi connectivity index (χ3v) is 10.4. The third-order valence-electron chi connectivity index (χ3n) is 10.4. The maximum absolute atomic E-state index is 14.0. The van der Waals surface area contributed by atoms with Gasteiger partial charge in [0, 0.05) is 24.0 Å². The molecule has 0 spiro atoms. The van der Waals surface area contributed by atoms with Crippen LogP contribution in [-0.2, 0) is 38.8 Å². The summed E-state index contributed by atoms with van der Waals surface area (Å²) in [5.74, 6) is 1.52. The Morgan fingerprint density at radius 1 is 0.847 bits per heavy atom. The quantitative estimate of drug-likeness (QED) is 0.0851. The topological polar surface area (TPSA) is 184 Å². The van der Waals surface area contributed by atoms with Gasteiger partial charge in [-0.25, -0.2) is 19.6 Å². The van der Waals surface area contributed by atoms with Gasteiger partial charge in [-0.15, -0.1) is 0 Å². The van der Waals surface area contributed by atoms with Crippen molar-refractivity contribution in [1.29, 1.82) is 0 Å². The number of nitrogens with one attached hydrogen (secondary N) is 4. The molecule has 0 saturated heterocycles. The number of fused-ring (bicyclic) bond motifs is 6. The number of aromatic nitrogens is 4. The maximum atomic E-state index is 14.0. The van der Waals surface area contributed by atoms with E-state index in [1.165, 1.54) is 14.2 Å². The van der Waals surface area contributed by atoms with Crippen LogP contribution in [0.25, 0.3) is 44.2 Å². The molecule has 1 atom stereocenters. The monoisotopic (exact) mass is 800 g/mol. The molecule has 1 aliphatic heterocycles. The number of amides is 4. The van der Waals surface area contributed by atoms with Crippen molar-refractivity contribution < 1.29 is 33.4 Å². The highest BCUT2D eigenvalue weighted by molar-refractivity contribution is 6.07. The minimum atomic E-state index is -0.924. The Labute approximate surface area is 341 Å². The lowest BCUT2D eigenvalue weighted by molar-refractivity contribution is -0.134. The number of imidazole rings is 2. The second-order valence-electron chi connectivity index (χ2n) is 14.4. The Kier molecular flexibility index (Phi) is 12.4. The van der Waals surface area contributed by atoms with Gasteiger partial charge < -0.3 is 44.6 Å². The highest BCUT2D eigenvalue weighted by atomic mass is 16.5. The number of benzene rings is 4. The summed E-state index contributed by atoms with van der Waals surface area (Å²) in [6.07, 6.45) is 2.87. The smallest absolute Gasteiger partial charge is 0.407 e. The van der Waals surface area contributed by atoms with Crippen LogP contribution in [0.4, 0.5) is 9.59 Å². The van der Waals surface area contributed by atoms with Crippen LogP contribution in [0.3, 0.4) is 0 Å². The molecule has 4 amide bonds. The number of aromatic amines is 2. The molecular weight excluding hydrogens is 753 g/mol. The number of nitrogens with zero attached hydrogens (tertiary/aromatic N) is 4. The van der Waals surface area contributed by atoms with Crippen LogP contribution in [0, 0.1) is 0 Å². The summed E-state index contributed by atoms with van der Waals surface area (Å²) < 4.78 is 15.8. The Morgan fingerprint density at radius 2 is 1.64 bits per heavy atom. The molecule has 0 radical (unpaired) electrons. The van der Waals surface area contributed by atoms with E-state index in [1.807, 2.05) is 43.3 Å². The van der Waals surface area contributed by atoms with Crippen LogP contribution < -0.4 is 15.4 Å². The molecule has 4 N–H and O–H groups in total. The van der Waals surface area contributed by atoms with E-state index in [0.29, 0.717) is 43.3 Å². The lowest BCUT2D eigenvalue weighted by Gasteiger charge is -2.27. The normalized spacial score (nSPS) is 12.2. The number of alkyl carbamates (subject to hydrolysis) is 2. The maximum Gasteiger partial charge on any atom is 0.407 e. The van der Waals surface area contributed by atoms with Crippen LogP contribution in [0.15, 0.2) is 79.0 Å². The van der Waals surface area contributed by atoms with E-state index in [9.17, 15) is 19.2 Å². The van der Waals surface area contributed by atoms with Crippen molar-refractivity contribution in [2.75, 3.05) is 33.9 Å². The number of unbranched alkanes of at least 4 members (excludes halogenated alkanes) is 1. The molecule has 3 heterocycles. The van der Waals surface area contributed by atoms with Gasteiger partial charge >= 0.3 is 12.2 Å². The third kappa shape index (κ3) is 8.98. The molecule has 7 rings (SSSR count). The summed E-state index contributed by atoms with van der Waals surface area (Å²) in [4.78, 5) is 70.4. The second-order valence-corrected chi connectivity index (χ2v) is 14.4. The molecule has 2 aromatic heterocycles. The Hall–Kier alpha value is -6.90. The minimum Gasteiger partial charge on any atom is -0.488 e. The predicted octanol–water partition coefficient (Wildman–Crippen LogP) is 6.99. The number of rotatable bonds is 15. The van der Waals surface area contributed by atoms with Gasteiger partial charge in [0.1, 0.15) is 36.6 Å². The van der Waals surface area contributed by atoms with Gasteiger partial charge in [0.05, 0.1) is 50.2 Å². The van der Waals surface area contributed by atoms with Crippen LogP contribution in [0.5, 0.6) is 5.75 Å². The molecule has 6 aromatic rings. The standard InChI is InChI=1S/C44H48N8O7/c1-5-7-18-51(39(53)23-46-43(55)57-3)24-37-45-22-35(48-37)29-13-15-31-30(19-29)26-59-36-21-32-28(20-33(31)36)14-16-34-41(32)49-38(47-34)25-52(17-6-2)42(54)40(50-44(56)58-4)27-11-9-8-10-12-27/h8-16,19-22,40H,5-7,17-18,23-26H2,1-4H3,(H,45,48)(H,46,55)(H,47,49)(H,50,56).